The minimum atomic E-state index is -1.58. The zero-order valence-corrected chi connectivity index (χ0v) is 60.6. The summed E-state index contributed by atoms with van der Waals surface area (Å²) in [4.78, 5) is 37.1. The summed E-state index contributed by atoms with van der Waals surface area (Å²) in [6.45, 7) is 23.3. The SMILES string of the molecule is C=CCOC(=O)Cl.CC1=C2C(O)C(=O)[C@@]3(C)C(C(C)C(O)(CC1O)C2(C)C)[C@]1(O)COC1C[C@@H]3C.CC1=C2C(O)C(=O)[C@]3(C)C(O)CC4OC[C@@]4(O)C3C(C)C(O)(CC1O)C2(C)C.[Ac].[Ac].[Ac].[Ac]. The molecule has 20 heteroatoms. The van der Waals surface area contributed by atoms with E-state index in [0.717, 1.165) is 0 Å². The molecule has 0 spiro atoms. The predicted molar refractivity (Wildman–Crippen MR) is 229 cm³/mol. The van der Waals surface area contributed by atoms with Crippen molar-refractivity contribution < 1.29 is 251 Å². The summed E-state index contributed by atoms with van der Waals surface area (Å²) in [5.41, 5.74) is -8.88. The van der Waals surface area contributed by atoms with Gasteiger partial charge in [0.1, 0.15) is 30.0 Å². The van der Waals surface area contributed by atoms with E-state index in [2.05, 4.69) is 11.3 Å². The molecule has 18 atom stereocenters. The van der Waals surface area contributed by atoms with Crippen LogP contribution in [0.25, 0.3) is 0 Å². The number of hydrogen-bond donors (Lipinski definition) is 9. The summed E-state index contributed by atoms with van der Waals surface area (Å²) in [7, 11) is 0. The molecule has 0 amide bonds. The van der Waals surface area contributed by atoms with Gasteiger partial charge in [-0.25, -0.2) is 4.79 Å². The first-order valence-corrected chi connectivity index (χ1v) is 22.6. The summed E-state index contributed by atoms with van der Waals surface area (Å²) >= 11 is 4.75. The first-order valence-electron chi connectivity index (χ1n) is 22.2. The summed E-state index contributed by atoms with van der Waals surface area (Å²) in [6.07, 6.45) is -4.83. The Morgan fingerprint density at radius 1 is 0.687 bits per heavy atom. The van der Waals surface area contributed by atoms with Crippen LogP contribution in [0.1, 0.15) is 102 Å². The summed E-state index contributed by atoms with van der Waals surface area (Å²) in [5, 5.41) is 102. The van der Waals surface area contributed by atoms with Crippen molar-refractivity contribution in [1.29, 1.82) is 0 Å². The summed E-state index contributed by atoms with van der Waals surface area (Å²) in [5.74, 6) is -3.57. The molecule has 2 aliphatic heterocycles. The van der Waals surface area contributed by atoms with E-state index in [-0.39, 0.29) is 233 Å². The summed E-state index contributed by atoms with van der Waals surface area (Å²) < 4.78 is 15.3. The second kappa shape index (κ2) is 22.9. The number of fused-ring (bicyclic) bond motifs is 10. The van der Waals surface area contributed by atoms with Crippen LogP contribution in [0.15, 0.2) is 34.9 Å². The third-order valence-electron chi connectivity index (χ3n) is 18.5. The van der Waals surface area contributed by atoms with Gasteiger partial charge in [-0.15, -0.1) is 0 Å². The number of carbonyl (C=O) groups excluding carboxylic acids is 3. The fraction of sp³-hybridized carbons (Fsp3) is 0.809. The van der Waals surface area contributed by atoms with E-state index in [1.807, 2.05) is 34.6 Å². The molecule has 67 heavy (non-hydrogen) atoms. The third kappa shape index (κ3) is 9.88. The monoisotopic (exact) mass is 1820 g/mol. The second-order valence-electron chi connectivity index (χ2n) is 21.7. The van der Waals surface area contributed by atoms with Gasteiger partial charge in [-0.2, -0.15) is 0 Å². The van der Waals surface area contributed by atoms with Crippen LogP contribution in [0.5, 0.6) is 0 Å². The van der Waals surface area contributed by atoms with Crippen LogP contribution in [0, 0.1) is 227 Å². The van der Waals surface area contributed by atoms with E-state index < -0.39 is 116 Å². The average Bonchev–Trinajstić information content (AvgIpc) is 3.19. The molecule has 0 aromatic heterocycles. The van der Waals surface area contributed by atoms with E-state index >= 15 is 0 Å². The zero-order chi connectivity index (χ0) is 47.7. The van der Waals surface area contributed by atoms with Crippen LogP contribution in [0.3, 0.4) is 0 Å². The fourth-order valence-corrected chi connectivity index (χ4v) is 14.5. The van der Waals surface area contributed by atoms with Crippen molar-refractivity contribution in [2.45, 2.75) is 167 Å². The number of ketones is 2. The molecule has 0 aromatic rings. The molecule has 6 fully saturated rings. The van der Waals surface area contributed by atoms with Crippen LogP contribution in [0.4, 0.5) is 4.79 Å². The van der Waals surface area contributed by atoms with Crippen LogP contribution in [-0.2, 0) is 23.8 Å². The Bertz CT molecular complexity index is 1860. The third-order valence-corrected chi connectivity index (χ3v) is 18.6. The van der Waals surface area contributed by atoms with Gasteiger partial charge in [0, 0.05) is 235 Å². The molecule has 2 saturated heterocycles. The average molecular weight is 1820 g/mol. The van der Waals surface area contributed by atoms with Gasteiger partial charge in [-0.1, -0.05) is 68.0 Å². The number of halogens is 1. The Morgan fingerprint density at radius 3 is 1.37 bits per heavy atom. The standard InChI is InChI=1S/C22H34O6.C21H32O7.C4H5ClO2.4Ac/c1-10-7-14-21(26,9-28-14)17-12(3)22(27)8-13(23)11(2)15(19(22,4)5)16(24)18(25)20(10,17)6;1-9-11(22)7-21(27)10(2)16-19(5,12(23)6-13-20(16,26)8-28-13)17(25)15(24)14(9)18(21,3)4;1-2-3-7-4(5)6;;;;/h10,12-14,16-17,23-24,26-27H,7-9H2,1-6H3;10-13,15-16,22-24,26-27H,6-8H2,1-5H3;2H,1,3H2;;;;/t10-,12?,13?,14?,16?,17?,20+,21-,22?;10?,11?,12?,13?,15?,16?,19-,20+,21?;;;;;/m01...../s1. The van der Waals surface area contributed by atoms with E-state index in [0.29, 0.717) is 28.7 Å². The maximum absolute atomic E-state index is 13.8. The van der Waals surface area contributed by atoms with Crippen molar-refractivity contribution in [2.75, 3.05) is 19.8 Å². The Morgan fingerprint density at radius 2 is 1.04 bits per heavy atom. The largest absolute Gasteiger partial charge is 0.449 e. The summed E-state index contributed by atoms with van der Waals surface area (Å²) in [6, 6.07) is 0. The molecule has 368 valence electrons. The van der Waals surface area contributed by atoms with Crippen molar-refractivity contribution in [3.63, 3.8) is 0 Å². The number of Topliss-reactive ketones (excluding diaryl/α,β-unsaturated/α-hetero) is 2. The molecule has 4 bridgehead atoms. The molecule has 6 aliphatic carbocycles. The van der Waals surface area contributed by atoms with Gasteiger partial charge in [0.2, 0.25) is 0 Å². The zero-order valence-electron chi connectivity index (χ0n) is 40.8. The molecule has 9 N–H and O–H groups in total. The minimum Gasteiger partial charge on any atom is -0.449 e. The van der Waals surface area contributed by atoms with Gasteiger partial charge in [-0.05, 0) is 67.2 Å². The molecular formula is C47H71Ac4ClO15. The Balaban J connectivity index is 0.000000383. The minimum absolute atomic E-state index is 0. The molecule has 2 heterocycles. The maximum Gasteiger partial charge on any atom is 0.404 e. The fourth-order valence-electron chi connectivity index (χ4n) is 14.4. The van der Waals surface area contributed by atoms with Gasteiger partial charge >= 0.3 is 5.43 Å². The smallest absolute Gasteiger partial charge is 0.404 e. The number of aliphatic hydroxyl groups is 9. The first-order chi connectivity index (χ1) is 28.8. The van der Waals surface area contributed by atoms with Crippen molar-refractivity contribution in [3.05, 3.63) is 34.9 Å². The molecule has 4 radical (unpaired) electrons. The number of aliphatic hydroxyl groups excluding tert-OH is 5. The molecule has 4 saturated carbocycles. The van der Waals surface area contributed by atoms with E-state index in [9.17, 15) is 60.3 Å². The Kier molecular flexibility index (Phi) is 22.8. The quantitative estimate of drug-likeness (QED) is 0.142. The number of ether oxygens (including phenoxy) is 3. The van der Waals surface area contributed by atoms with Crippen LogP contribution < -0.4 is 0 Å². The normalized spacial score (nSPS) is 47.2. The van der Waals surface area contributed by atoms with Gasteiger partial charge in [0.05, 0.1) is 60.4 Å². The first kappa shape index (κ1) is 66.8. The molecule has 15 nitrogen and oxygen atoms in total. The van der Waals surface area contributed by atoms with Crippen molar-refractivity contribution in [2.24, 2.45) is 51.2 Å². The van der Waals surface area contributed by atoms with Crippen LogP contribution in [-0.4, -0.2) is 148 Å². The molecule has 13 unspecified atom stereocenters. The number of rotatable bonds is 2. The molecule has 8 rings (SSSR count). The van der Waals surface area contributed by atoms with Crippen molar-refractivity contribution in [1.82, 2.24) is 0 Å². The van der Waals surface area contributed by atoms with Gasteiger partial charge in [0.25, 0.3) is 0 Å². The van der Waals surface area contributed by atoms with E-state index in [1.165, 1.54) is 6.08 Å². The number of carbonyl (C=O) groups is 3. The van der Waals surface area contributed by atoms with Crippen molar-refractivity contribution in [3.8, 4) is 0 Å². The Hall–Kier alpha value is 3.65. The molecule has 8 aliphatic rings. The van der Waals surface area contributed by atoms with Gasteiger partial charge < -0.3 is 60.2 Å². The maximum atomic E-state index is 13.8. The predicted octanol–water partition coefficient (Wildman–Crippen LogP) is 2.67. The second-order valence-corrected chi connectivity index (χ2v) is 22.0. The molecular weight excluding hydrogens is 1750 g/mol. The topological polar surface area (TPSA) is 261 Å². The number of hydrogen-bond acceptors (Lipinski definition) is 15. The van der Waals surface area contributed by atoms with Gasteiger partial charge in [0.15, 0.2) is 11.6 Å². The van der Waals surface area contributed by atoms with E-state index in [4.69, 9.17) is 21.1 Å². The molecule has 0 aromatic carbocycles. The van der Waals surface area contributed by atoms with Crippen LogP contribution in [0.2, 0.25) is 0 Å². The Labute approximate surface area is 543 Å². The van der Waals surface area contributed by atoms with Crippen LogP contribution >= 0.6 is 11.6 Å². The van der Waals surface area contributed by atoms with Gasteiger partial charge in [-0.3, -0.25) is 9.59 Å². The van der Waals surface area contributed by atoms with E-state index in [1.54, 1.807) is 41.5 Å². The van der Waals surface area contributed by atoms with Crippen molar-refractivity contribution >= 4 is 28.6 Å².